The zero-order valence-corrected chi connectivity index (χ0v) is 14.5. The van der Waals surface area contributed by atoms with E-state index in [2.05, 4.69) is 9.97 Å². The molecule has 0 radical (unpaired) electrons. The summed E-state index contributed by atoms with van der Waals surface area (Å²) in [5.41, 5.74) is 3.03. The van der Waals surface area contributed by atoms with Crippen LogP contribution in [0.4, 0.5) is 0 Å². The van der Waals surface area contributed by atoms with Crippen molar-refractivity contribution in [1.82, 2.24) is 19.4 Å². The number of carbonyl (C=O) groups is 1. The van der Waals surface area contributed by atoms with Gasteiger partial charge < -0.3 is 18.6 Å². The van der Waals surface area contributed by atoms with Gasteiger partial charge in [0, 0.05) is 32.4 Å². The van der Waals surface area contributed by atoms with Crippen molar-refractivity contribution in [2.24, 2.45) is 7.05 Å². The minimum absolute atomic E-state index is 0.128. The van der Waals surface area contributed by atoms with Crippen molar-refractivity contribution < 1.29 is 13.9 Å². The maximum absolute atomic E-state index is 12.9. The number of ether oxygens (including phenoxy) is 1. The number of hydrogen-bond acceptors (Lipinski definition) is 5. The number of rotatable bonds is 5. The van der Waals surface area contributed by atoms with Gasteiger partial charge in [-0.15, -0.1) is 0 Å². The molecule has 1 aliphatic heterocycles. The number of aromatic nitrogens is 3. The van der Waals surface area contributed by atoms with Gasteiger partial charge in [0.1, 0.15) is 0 Å². The fourth-order valence-electron chi connectivity index (χ4n) is 3.36. The van der Waals surface area contributed by atoms with Gasteiger partial charge in [-0.2, -0.15) is 0 Å². The van der Waals surface area contributed by atoms with Crippen LogP contribution in [0.1, 0.15) is 33.5 Å². The summed E-state index contributed by atoms with van der Waals surface area (Å²) in [6.45, 7) is 1.42. The fourth-order valence-corrected chi connectivity index (χ4v) is 3.36. The average Bonchev–Trinajstić information content (AvgIpc) is 3.33. The minimum Gasteiger partial charge on any atom is -0.459 e. The Kier molecular flexibility index (Phi) is 4.53. The van der Waals surface area contributed by atoms with Crippen molar-refractivity contribution in [1.29, 1.82) is 0 Å². The molecule has 3 aromatic rings. The Labute approximate surface area is 151 Å². The molecule has 1 atom stereocenters. The molecule has 0 N–H and O–H groups in total. The topological polar surface area (TPSA) is 73.4 Å². The fraction of sp³-hybridized carbons (Fsp3) is 0.316. The first-order chi connectivity index (χ1) is 12.7. The Morgan fingerprint density at radius 3 is 3.08 bits per heavy atom. The predicted molar refractivity (Wildman–Crippen MR) is 93.3 cm³/mol. The highest BCUT2D eigenvalue weighted by atomic mass is 16.5. The van der Waals surface area contributed by atoms with E-state index in [0.717, 1.165) is 23.4 Å². The number of aryl methyl sites for hydroxylation is 1. The van der Waals surface area contributed by atoms with Crippen LogP contribution < -0.4 is 0 Å². The maximum Gasteiger partial charge on any atom is 0.290 e. The number of pyridine rings is 1. The summed E-state index contributed by atoms with van der Waals surface area (Å²) in [6.07, 6.45) is 7.54. The first-order valence-corrected chi connectivity index (χ1v) is 8.55. The van der Waals surface area contributed by atoms with E-state index in [-0.39, 0.29) is 11.9 Å². The number of furan rings is 1. The Hall–Kier alpha value is -2.93. The molecule has 7 nitrogen and oxygen atoms in total. The van der Waals surface area contributed by atoms with Crippen LogP contribution in [-0.4, -0.2) is 38.5 Å². The van der Waals surface area contributed by atoms with Crippen molar-refractivity contribution in [3.63, 3.8) is 0 Å². The first-order valence-electron chi connectivity index (χ1n) is 8.55. The number of hydrogen-bond donors (Lipinski definition) is 0. The lowest BCUT2D eigenvalue weighted by Gasteiger charge is -2.35. The first kappa shape index (κ1) is 16.5. The monoisotopic (exact) mass is 352 g/mol. The highest BCUT2D eigenvalue weighted by Gasteiger charge is 2.35. The van der Waals surface area contributed by atoms with E-state index < -0.39 is 0 Å². The number of nitrogens with zero attached hydrogens (tertiary/aromatic N) is 4. The molecule has 0 fully saturated rings. The smallest absolute Gasteiger partial charge is 0.290 e. The molecule has 3 aromatic heterocycles. The second-order valence-electron chi connectivity index (χ2n) is 6.31. The molecule has 134 valence electrons. The summed E-state index contributed by atoms with van der Waals surface area (Å²) >= 11 is 0. The van der Waals surface area contributed by atoms with Crippen molar-refractivity contribution >= 4 is 5.91 Å². The van der Waals surface area contributed by atoms with E-state index in [1.165, 1.54) is 6.26 Å². The lowest BCUT2D eigenvalue weighted by atomic mass is 10.0. The van der Waals surface area contributed by atoms with Gasteiger partial charge in [-0.3, -0.25) is 9.78 Å². The summed E-state index contributed by atoms with van der Waals surface area (Å²) in [5, 5.41) is 0. The minimum atomic E-state index is -0.208. The van der Waals surface area contributed by atoms with Crippen LogP contribution in [0.3, 0.4) is 0 Å². The van der Waals surface area contributed by atoms with Crippen LogP contribution in [0.25, 0.3) is 0 Å². The molecule has 4 rings (SSSR count). The van der Waals surface area contributed by atoms with Gasteiger partial charge in [0.05, 0.1) is 43.2 Å². The lowest BCUT2D eigenvalue weighted by molar-refractivity contribution is 0.0306. The molecule has 1 amide bonds. The van der Waals surface area contributed by atoms with Crippen molar-refractivity contribution in [3.8, 4) is 0 Å². The van der Waals surface area contributed by atoms with Gasteiger partial charge >= 0.3 is 0 Å². The third kappa shape index (κ3) is 3.13. The molecule has 1 aliphatic rings. The van der Waals surface area contributed by atoms with E-state index in [9.17, 15) is 4.79 Å². The third-order valence-electron chi connectivity index (χ3n) is 4.60. The Balaban J connectivity index is 1.55. The van der Waals surface area contributed by atoms with Gasteiger partial charge in [-0.1, -0.05) is 6.07 Å². The van der Waals surface area contributed by atoms with Gasteiger partial charge in [0.2, 0.25) is 0 Å². The van der Waals surface area contributed by atoms with Crippen LogP contribution in [0.2, 0.25) is 0 Å². The molecule has 0 aliphatic carbocycles. The second kappa shape index (κ2) is 7.13. The second-order valence-corrected chi connectivity index (χ2v) is 6.31. The highest BCUT2D eigenvalue weighted by molar-refractivity contribution is 5.91. The van der Waals surface area contributed by atoms with Crippen LogP contribution in [0.5, 0.6) is 0 Å². The quantitative estimate of drug-likeness (QED) is 0.705. The highest BCUT2D eigenvalue weighted by Crippen LogP contribution is 2.30. The summed E-state index contributed by atoms with van der Waals surface area (Å²) in [7, 11) is 1.95. The number of imidazole rings is 1. The molecule has 26 heavy (non-hydrogen) atoms. The van der Waals surface area contributed by atoms with E-state index in [1.54, 1.807) is 30.9 Å². The number of amides is 1. The molecule has 0 aromatic carbocycles. The summed E-state index contributed by atoms with van der Waals surface area (Å²) < 4.78 is 13.2. The van der Waals surface area contributed by atoms with E-state index >= 15 is 0 Å². The van der Waals surface area contributed by atoms with E-state index in [4.69, 9.17) is 9.15 Å². The largest absolute Gasteiger partial charge is 0.459 e. The summed E-state index contributed by atoms with van der Waals surface area (Å²) in [5.74, 6) is 0.213. The maximum atomic E-state index is 12.9. The average molecular weight is 352 g/mol. The number of fused-ring (bicyclic) bond motifs is 1. The van der Waals surface area contributed by atoms with Gasteiger partial charge in [0.15, 0.2) is 5.76 Å². The predicted octanol–water partition coefficient (Wildman–Crippen LogP) is 2.36. The van der Waals surface area contributed by atoms with E-state index in [0.29, 0.717) is 25.5 Å². The third-order valence-corrected chi connectivity index (χ3v) is 4.60. The number of carbonyl (C=O) groups excluding carboxylic acids is 1. The van der Waals surface area contributed by atoms with Crippen molar-refractivity contribution in [2.75, 3.05) is 13.2 Å². The van der Waals surface area contributed by atoms with Crippen LogP contribution in [0.15, 0.2) is 53.7 Å². The zero-order valence-electron chi connectivity index (χ0n) is 14.5. The molecule has 0 bridgehead atoms. The van der Waals surface area contributed by atoms with Crippen LogP contribution in [-0.2, 0) is 24.8 Å². The molecule has 0 spiro atoms. The summed E-state index contributed by atoms with van der Waals surface area (Å²) in [4.78, 5) is 23.3. The van der Waals surface area contributed by atoms with Crippen molar-refractivity contribution in [3.05, 3.63) is 72.0 Å². The van der Waals surface area contributed by atoms with E-state index in [1.807, 2.05) is 28.6 Å². The lowest BCUT2D eigenvalue weighted by Crippen LogP contribution is -2.42. The normalized spacial score (nSPS) is 16.5. The zero-order chi connectivity index (χ0) is 17.9. The summed E-state index contributed by atoms with van der Waals surface area (Å²) in [6, 6.07) is 7.05. The van der Waals surface area contributed by atoms with Crippen LogP contribution >= 0.6 is 0 Å². The Morgan fingerprint density at radius 1 is 1.38 bits per heavy atom. The van der Waals surface area contributed by atoms with Gasteiger partial charge in [-0.05, 0) is 23.8 Å². The molecular weight excluding hydrogens is 332 g/mol. The Bertz CT molecular complexity index is 874. The molecular formula is C19H20N4O3. The molecule has 0 unspecified atom stereocenters. The van der Waals surface area contributed by atoms with Gasteiger partial charge in [-0.25, -0.2) is 4.98 Å². The van der Waals surface area contributed by atoms with Crippen LogP contribution in [0, 0.1) is 0 Å². The SMILES string of the molecule is Cn1cnc2c1[C@H](COCc1cccnc1)N(C(=O)c1ccco1)CC2. The molecule has 7 heteroatoms. The van der Waals surface area contributed by atoms with Gasteiger partial charge in [0.25, 0.3) is 5.91 Å². The molecule has 0 saturated heterocycles. The van der Waals surface area contributed by atoms with Crippen molar-refractivity contribution in [2.45, 2.75) is 19.1 Å². The molecule has 0 saturated carbocycles. The standard InChI is InChI=1S/C19H20N4O3/c1-22-13-21-15-6-8-23(19(24)17-5-3-9-26-17)16(18(15)22)12-25-11-14-4-2-7-20-10-14/h2-5,7,9-10,13,16H,6,8,11-12H2,1H3/t16-/m0/s1. The molecule has 4 heterocycles. The Morgan fingerprint density at radius 2 is 2.31 bits per heavy atom.